The Morgan fingerprint density at radius 3 is 3.00 bits per heavy atom. The lowest BCUT2D eigenvalue weighted by molar-refractivity contribution is 0.577. The highest BCUT2D eigenvalue weighted by Gasteiger charge is 2.27. The Kier molecular flexibility index (Phi) is 3.58. The Morgan fingerprint density at radius 1 is 1.47 bits per heavy atom. The van der Waals surface area contributed by atoms with Crippen LogP contribution >= 0.6 is 0 Å². The highest BCUT2D eigenvalue weighted by molar-refractivity contribution is 5.37. The minimum atomic E-state index is -0.573. The third-order valence-electron chi connectivity index (χ3n) is 3.08. The van der Waals surface area contributed by atoms with Crippen molar-refractivity contribution in [1.82, 2.24) is 15.2 Å². The van der Waals surface area contributed by atoms with Crippen LogP contribution in [0.3, 0.4) is 0 Å². The smallest absolute Gasteiger partial charge is 0.342 e. The molecular weight excluding hydrogens is 222 g/mol. The topological polar surface area (TPSA) is 108 Å². The highest BCUT2D eigenvalue weighted by Crippen LogP contribution is 2.23. The molecule has 0 aromatic carbocycles. The number of nitrogens with two attached hydrogens (primary N) is 1. The molecule has 0 amide bonds. The third-order valence-corrected chi connectivity index (χ3v) is 3.08. The maximum atomic E-state index is 11.6. The second-order valence-electron chi connectivity index (χ2n) is 4.25. The van der Waals surface area contributed by atoms with E-state index in [9.17, 15) is 9.59 Å². The van der Waals surface area contributed by atoms with Gasteiger partial charge in [0.05, 0.1) is 0 Å². The predicted molar refractivity (Wildman–Crippen MR) is 64.1 cm³/mol. The van der Waals surface area contributed by atoms with Crippen molar-refractivity contribution in [3.8, 4) is 0 Å². The van der Waals surface area contributed by atoms with Crippen LogP contribution in [0, 0.1) is 0 Å². The van der Waals surface area contributed by atoms with Gasteiger partial charge in [-0.25, -0.2) is 9.89 Å². The maximum absolute atomic E-state index is 11.6. The third kappa shape index (κ3) is 2.55. The molecule has 0 radical (unpaired) electrons. The number of hydrogen-bond acceptors (Lipinski definition) is 5. The van der Waals surface area contributed by atoms with Gasteiger partial charge in [-0.2, -0.15) is 0 Å². The Bertz CT molecular complexity index is 480. The number of nitrogens with zero attached hydrogens (tertiary/aromatic N) is 2. The summed E-state index contributed by atoms with van der Waals surface area (Å²) in [6, 6.07) is 0.304. The van der Waals surface area contributed by atoms with Gasteiger partial charge in [-0.3, -0.25) is 9.78 Å². The molecule has 0 spiro atoms. The molecule has 17 heavy (non-hydrogen) atoms. The molecule has 0 saturated carbocycles. The molecule has 2 rings (SSSR count). The number of anilines is 1. The molecule has 7 nitrogen and oxygen atoms in total. The first-order valence-corrected chi connectivity index (χ1v) is 5.88. The fourth-order valence-corrected chi connectivity index (χ4v) is 2.30. The molecule has 0 aliphatic carbocycles. The van der Waals surface area contributed by atoms with Crippen molar-refractivity contribution in [2.45, 2.75) is 31.7 Å². The number of aromatic nitrogens is 3. The van der Waals surface area contributed by atoms with Crippen molar-refractivity contribution in [3.05, 3.63) is 20.8 Å². The summed E-state index contributed by atoms with van der Waals surface area (Å²) >= 11 is 0. The summed E-state index contributed by atoms with van der Waals surface area (Å²) in [5, 5.41) is 6.10. The van der Waals surface area contributed by atoms with E-state index in [1.807, 2.05) is 4.90 Å². The van der Waals surface area contributed by atoms with Crippen LogP contribution in [0.2, 0.25) is 0 Å². The molecule has 2 heterocycles. The van der Waals surface area contributed by atoms with Crippen LogP contribution in [0.1, 0.15) is 25.7 Å². The first-order valence-electron chi connectivity index (χ1n) is 5.88. The zero-order valence-electron chi connectivity index (χ0n) is 9.61. The number of nitrogens with one attached hydrogen (secondary N) is 2. The summed E-state index contributed by atoms with van der Waals surface area (Å²) in [6.45, 7) is 1.46. The summed E-state index contributed by atoms with van der Waals surface area (Å²) in [7, 11) is 0. The predicted octanol–water partition coefficient (Wildman–Crippen LogP) is -0.834. The van der Waals surface area contributed by atoms with E-state index in [1.54, 1.807) is 0 Å². The molecule has 1 aliphatic rings. The maximum Gasteiger partial charge on any atom is 0.342 e. The Morgan fingerprint density at radius 2 is 2.29 bits per heavy atom. The van der Waals surface area contributed by atoms with Crippen LogP contribution in [-0.4, -0.2) is 34.3 Å². The van der Waals surface area contributed by atoms with Crippen molar-refractivity contribution in [3.63, 3.8) is 0 Å². The fraction of sp³-hybridized carbons (Fsp3) is 0.700. The largest absolute Gasteiger partial charge is 0.348 e. The second-order valence-corrected chi connectivity index (χ2v) is 4.25. The van der Waals surface area contributed by atoms with Crippen LogP contribution in [0.4, 0.5) is 5.82 Å². The van der Waals surface area contributed by atoms with Gasteiger partial charge in [0.15, 0.2) is 0 Å². The Balaban J connectivity index is 2.20. The molecule has 0 bridgehead atoms. The summed E-state index contributed by atoms with van der Waals surface area (Å²) in [5.74, 6) is 0.309. The van der Waals surface area contributed by atoms with Gasteiger partial charge in [-0.1, -0.05) is 0 Å². The molecule has 1 saturated heterocycles. The lowest BCUT2D eigenvalue weighted by Crippen LogP contribution is -2.37. The highest BCUT2D eigenvalue weighted by atomic mass is 16.2. The number of H-pyrrole nitrogens is 2. The van der Waals surface area contributed by atoms with Gasteiger partial charge in [-0.05, 0) is 32.2 Å². The molecule has 4 N–H and O–H groups in total. The lowest BCUT2D eigenvalue weighted by Gasteiger charge is -2.24. The molecule has 1 unspecified atom stereocenters. The normalized spacial score (nSPS) is 19.8. The van der Waals surface area contributed by atoms with Gasteiger partial charge in [0.2, 0.25) is 5.82 Å². The van der Waals surface area contributed by atoms with Crippen molar-refractivity contribution in [1.29, 1.82) is 0 Å². The van der Waals surface area contributed by atoms with Crippen molar-refractivity contribution in [2.75, 3.05) is 18.0 Å². The van der Waals surface area contributed by atoms with Gasteiger partial charge in [-0.15, -0.1) is 5.10 Å². The molecule has 1 aliphatic heterocycles. The van der Waals surface area contributed by atoms with Crippen molar-refractivity contribution < 1.29 is 0 Å². The molecule has 1 aromatic rings. The number of hydrogen-bond donors (Lipinski definition) is 3. The lowest BCUT2D eigenvalue weighted by atomic mass is 10.1. The quantitative estimate of drug-likeness (QED) is 0.635. The van der Waals surface area contributed by atoms with Crippen LogP contribution in [0.15, 0.2) is 9.59 Å². The van der Waals surface area contributed by atoms with E-state index < -0.39 is 11.2 Å². The van der Waals surface area contributed by atoms with Crippen molar-refractivity contribution >= 4 is 5.82 Å². The van der Waals surface area contributed by atoms with Gasteiger partial charge in [0.25, 0.3) is 5.56 Å². The standard InChI is InChI=1S/C10H17N5O2/c11-5-1-3-7-4-2-6-15(7)8-9(16)12-10(17)14-13-8/h7H,1-6,11H2,(H2,12,14,16,17). The molecule has 1 fully saturated rings. The molecule has 7 heteroatoms. The average Bonchev–Trinajstić information content (AvgIpc) is 2.74. The first-order chi connectivity index (χ1) is 8.22. The van der Waals surface area contributed by atoms with E-state index in [-0.39, 0.29) is 0 Å². The van der Waals surface area contributed by atoms with Gasteiger partial charge >= 0.3 is 5.69 Å². The van der Waals surface area contributed by atoms with E-state index in [0.29, 0.717) is 18.4 Å². The van der Waals surface area contributed by atoms with Crippen molar-refractivity contribution in [2.24, 2.45) is 5.73 Å². The molecule has 1 atom stereocenters. The van der Waals surface area contributed by atoms with Crippen LogP contribution < -0.4 is 21.9 Å². The summed E-state index contributed by atoms with van der Waals surface area (Å²) in [4.78, 5) is 26.7. The van der Waals surface area contributed by atoms with Crippen LogP contribution in [-0.2, 0) is 0 Å². The molecular formula is C10H17N5O2. The average molecular weight is 239 g/mol. The van der Waals surface area contributed by atoms with Gasteiger partial charge in [0.1, 0.15) is 0 Å². The van der Waals surface area contributed by atoms with E-state index in [0.717, 1.165) is 32.2 Å². The zero-order chi connectivity index (χ0) is 12.3. The van der Waals surface area contributed by atoms with Crippen LogP contribution in [0.25, 0.3) is 0 Å². The summed E-state index contributed by atoms with van der Waals surface area (Å²) < 4.78 is 0. The van der Waals surface area contributed by atoms with E-state index in [4.69, 9.17) is 5.73 Å². The van der Waals surface area contributed by atoms with Crippen LogP contribution in [0.5, 0.6) is 0 Å². The number of aromatic amines is 2. The monoisotopic (exact) mass is 239 g/mol. The molecule has 94 valence electrons. The first kappa shape index (κ1) is 11.8. The van der Waals surface area contributed by atoms with Gasteiger partial charge < -0.3 is 10.6 Å². The summed E-state index contributed by atoms with van der Waals surface area (Å²) in [6.07, 6.45) is 3.97. The number of rotatable bonds is 4. The fourth-order valence-electron chi connectivity index (χ4n) is 2.30. The minimum absolute atomic E-state index is 0.304. The summed E-state index contributed by atoms with van der Waals surface area (Å²) in [5.41, 5.74) is 4.50. The van der Waals surface area contributed by atoms with Gasteiger partial charge in [0, 0.05) is 12.6 Å². The van der Waals surface area contributed by atoms with E-state index in [2.05, 4.69) is 15.2 Å². The zero-order valence-corrected chi connectivity index (χ0v) is 9.61. The Hall–Kier alpha value is -1.63. The van der Waals surface area contributed by atoms with E-state index in [1.165, 1.54) is 0 Å². The molecule has 1 aromatic heterocycles. The minimum Gasteiger partial charge on any atom is -0.348 e. The Labute approximate surface area is 98.0 Å². The second kappa shape index (κ2) is 5.13. The van der Waals surface area contributed by atoms with E-state index >= 15 is 0 Å². The SMILES string of the molecule is NCCCC1CCCN1c1n[nH]c(=O)[nH]c1=O.